The molecule has 3 heterocycles. The minimum absolute atomic E-state index is 0.206. The van der Waals surface area contributed by atoms with Crippen LogP contribution in [-0.2, 0) is 17.6 Å². The third-order valence-electron chi connectivity index (χ3n) is 6.25. The zero-order valence-corrected chi connectivity index (χ0v) is 19.2. The number of carbonyl (C=O) groups is 1. The molecule has 0 aliphatic carbocycles. The van der Waals surface area contributed by atoms with E-state index in [1.165, 1.54) is 11.1 Å². The quantitative estimate of drug-likeness (QED) is 0.445. The normalized spacial score (nSPS) is 14.8. The zero-order chi connectivity index (χ0) is 21.9. The molecule has 32 heavy (non-hydrogen) atoms. The average Bonchev–Trinajstić information content (AvgIpc) is 3.41. The molecule has 0 unspecified atom stereocenters. The monoisotopic (exact) mass is 444 g/mol. The smallest absolute Gasteiger partial charge is 0.228 e. The minimum Gasteiger partial charge on any atom is -0.340 e. The Hall–Kier alpha value is -2.96. The standard InChI is InChI=1S/C26H28N4OS/c1-20-7-9-22(10-8-20)24-18-30-23(19-32-26(30)27-24)17-25(31)29-15-13-28(14-16-29)12-11-21-5-3-2-4-6-21/h2-10,18-19H,11-17H2,1H3. The van der Waals surface area contributed by atoms with Gasteiger partial charge in [0.1, 0.15) is 0 Å². The number of nitrogens with zero attached hydrogens (tertiary/aromatic N) is 4. The molecular weight excluding hydrogens is 416 g/mol. The van der Waals surface area contributed by atoms with Crippen LogP contribution in [0.2, 0.25) is 0 Å². The molecule has 2 aromatic carbocycles. The number of rotatable bonds is 6. The van der Waals surface area contributed by atoms with Crippen LogP contribution in [-0.4, -0.2) is 57.8 Å². The first-order valence-corrected chi connectivity index (χ1v) is 12.1. The predicted octanol–water partition coefficient (Wildman–Crippen LogP) is 4.30. The molecule has 1 aliphatic rings. The molecule has 164 valence electrons. The number of thiazole rings is 1. The van der Waals surface area contributed by atoms with E-state index in [0.29, 0.717) is 6.42 Å². The Balaban J connectivity index is 1.18. The van der Waals surface area contributed by atoms with Crippen molar-refractivity contribution < 1.29 is 4.79 Å². The van der Waals surface area contributed by atoms with E-state index in [2.05, 4.69) is 82.4 Å². The van der Waals surface area contributed by atoms with E-state index in [0.717, 1.165) is 61.1 Å². The van der Waals surface area contributed by atoms with Crippen LogP contribution in [0.1, 0.15) is 16.8 Å². The summed E-state index contributed by atoms with van der Waals surface area (Å²) in [6, 6.07) is 19.0. The van der Waals surface area contributed by atoms with Gasteiger partial charge in [-0.15, -0.1) is 11.3 Å². The summed E-state index contributed by atoms with van der Waals surface area (Å²) in [5.41, 5.74) is 5.69. The Morgan fingerprint density at radius 1 is 1.00 bits per heavy atom. The second kappa shape index (κ2) is 9.27. The first-order chi connectivity index (χ1) is 15.7. The largest absolute Gasteiger partial charge is 0.340 e. The van der Waals surface area contributed by atoms with Crippen molar-refractivity contribution in [3.8, 4) is 11.3 Å². The lowest BCUT2D eigenvalue weighted by Gasteiger charge is -2.34. The van der Waals surface area contributed by atoms with Gasteiger partial charge in [0.25, 0.3) is 0 Å². The van der Waals surface area contributed by atoms with Gasteiger partial charge in [-0.1, -0.05) is 60.2 Å². The van der Waals surface area contributed by atoms with Gasteiger partial charge in [-0.25, -0.2) is 4.98 Å². The van der Waals surface area contributed by atoms with Gasteiger partial charge >= 0.3 is 0 Å². The lowest BCUT2D eigenvalue weighted by atomic mass is 10.1. The maximum absolute atomic E-state index is 13.0. The number of benzene rings is 2. The lowest BCUT2D eigenvalue weighted by Crippen LogP contribution is -2.49. The number of hydrogen-bond acceptors (Lipinski definition) is 4. The van der Waals surface area contributed by atoms with Gasteiger partial charge in [-0.3, -0.25) is 14.1 Å². The number of amides is 1. The van der Waals surface area contributed by atoms with Crippen molar-refractivity contribution in [2.75, 3.05) is 32.7 Å². The average molecular weight is 445 g/mol. The molecule has 0 spiro atoms. The van der Waals surface area contributed by atoms with Crippen LogP contribution in [0.4, 0.5) is 0 Å². The van der Waals surface area contributed by atoms with E-state index in [4.69, 9.17) is 4.98 Å². The highest BCUT2D eigenvalue weighted by molar-refractivity contribution is 7.15. The number of fused-ring (bicyclic) bond motifs is 1. The van der Waals surface area contributed by atoms with E-state index in [1.54, 1.807) is 11.3 Å². The summed E-state index contributed by atoms with van der Waals surface area (Å²) in [5, 5.41) is 2.06. The fourth-order valence-electron chi connectivity index (χ4n) is 4.24. The SMILES string of the molecule is Cc1ccc(-c2cn3c(CC(=O)N4CCN(CCc5ccccc5)CC4)csc3n2)cc1. The van der Waals surface area contributed by atoms with Crippen molar-refractivity contribution in [1.82, 2.24) is 19.2 Å². The van der Waals surface area contributed by atoms with Crippen LogP contribution in [0.5, 0.6) is 0 Å². The fraction of sp³-hybridized carbons (Fsp3) is 0.308. The number of carbonyl (C=O) groups excluding carboxylic acids is 1. The molecule has 5 nitrogen and oxygen atoms in total. The van der Waals surface area contributed by atoms with Crippen LogP contribution in [0.3, 0.4) is 0 Å². The Labute approximate surface area is 192 Å². The second-order valence-electron chi connectivity index (χ2n) is 8.51. The Morgan fingerprint density at radius 2 is 1.75 bits per heavy atom. The van der Waals surface area contributed by atoms with Gasteiger partial charge in [0.05, 0.1) is 12.1 Å². The molecule has 1 fully saturated rings. The van der Waals surface area contributed by atoms with Gasteiger partial charge in [-0.05, 0) is 18.9 Å². The maximum Gasteiger partial charge on any atom is 0.228 e. The van der Waals surface area contributed by atoms with Crippen LogP contribution in [0.25, 0.3) is 16.2 Å². The number of imidazole rings is 1. The summed E-state index contributed by atoms with van der Waals surface area (Å²) in [6.07, 6.45) is 3.54. The van der Waals surface area contributed by atoms with Gasteiger partial charge in [0.2, 0.25) is 5.91 Å². The van der Waals surface area contributed by atoms with Crippen molar-refractivity contribution in [3.05, 3.63) is 83.0 Å². The highest BCUT2D eigenvalue weighted by Crippen LogP contribution is 2.24. The number of piperazine rings is 1. The molecule has 0 radical (unpaired) electrons. The van der Waals surface area contributed by atoms with E-state index < -0.39 is 0 Å². The first kappa shape index (κ1) is 20.9. The Morgan fingerprint density at radius 3 is 2.50 bits per heavy atom. The maximum atomic E-state index is 13.0. The molecule has 6 heteroatoms. The molecule has 1 amide bonds. The summed E-state index contributed by atoms with van der Waals surface area (Å²) in [6.45, 7) is 6.63. The third kappa shape index (κ3) is 4.61. The van der Waals surface area contributed by atoms with Crippen molar-refractivity contribution in [3.63, 3.8) is 0 Å². The van der Waals surface area contributed by atoms with Gasteiger partial charge in [0.15, 0.2) is 4.96 Å². The zero-order valence-electron chi connectivity index (χ0n) is 18.4. The molecule has 0 saturated carbocycles. The second-order valence-corrected chi connectivity index (χ2v) is 9.34. The van der Waals surface area contributed by atoms with E-state index in [-0.39, 0.29) is 5.91 Å². The van der Waals surface area contributed by atoms with Crippen molar-refractivity contribution in [2.24, 2.45) is 0 Å². The summed E-state index contributed by atoms with van der Waals surface area (Å²) in [5.74, 6) is 0.206. The van der Waals surface area contributed by atoms with Crippen molar-refractivity contribution in [1.29, 1.82) is 0 Å². The minimum atomic E-state index is 0.206. The third-order valence-corrected chi connectivity index (χ3v) is 7.14. The lowest BCUT2D eigenvalue weighted by molar-refractivity contribution is -0.132. The van der Waals surface area contributed by atoms with Crippen LogP contribution < -0.4 is 0 Å². The molecule has 0 atom stereocenters. The topological polar surface area (TPSA) is 40.9 Å². The predicted molar refractivity (Wildman–Crippen MR) is 130 cm³/mol. The van der Waals surface area contributed by atoms with Crippen LogP contribution in [0.15, 0.2) is 66.2 Å². The highest BCUT2D eigenvalue weighted by atomic mass is 32.1. The van der Waals surface area contributed by atoms with Crippen molar-refractivity contribution in [2.45, 2.75) is 19.8 Å². The number of hydrogen-bond donors (Lipinski definition) is 0. The van der Waals surface area contributed by atoms with Gasteiger partial charge in [0, 0.05) is 55.6 Å². The van der Waals surface area contributed by atoms with E-state index in [9.17, 15) is 4.79 Å². The summed E-state index contributed by atoms with van der Waals surface area (Å²) in [7, 11) is 0. The van der Waals surface area contributed by atoms with E-state index in [1.807, 2.05) is 4.90 Å². The van der Waals surface area contributed by atoms with Gasteiger partial charge < -0.3 is 4.90 Å². The molecule has 2 aromatic heterocycles. The molecule has 0 N–H and O–H groups in total. The molecule has 1 aliphatic heterocycles. The molecule has 5 rings (SSSR count). The first-order valence-electron chi connectivity index (χ1n) is 11.2. The number of aromatic nitrogens is 2. The van der Waals surface area contributed by atoms with Crippen LogP contribution in [0, 0.1) is 6.92 Å². The number of aryl methyl sites for hydroxylation is 1. The van der Waals surface area contributed by atoms with Gasteiger partial charge in [-0.2, -0.15) is 0 Å². The molecule has 1 saturated heterocycles. The molecular formula is C26H28N4OS. The highest BCUT2D eigenvalue weighted by Gasteiger charge is 2.22. The fourth-order valence-corrected chi connectivity index (χ4v) is 5.11. The van der Waals surface area contributed by atoms with E-state index >= 15 is 0 Å². The summed E-state index contributed by atoms with van der Waals surface area (Å²) >= 11 is 1.60. The molecule has 0 bridgehead atoms. The summed E-state index contributed by atoms with van der Waals surface area (Å²) < 4.78 is 2.08. The Bertz CT molecular complexity index is 1190. The molecule has 4 aromatic rings. The van der Waals surface area contributed by atoms with Crippen LogP contribution >= 0.6 is 11.3 Å². The Kier molecular flexibility index (Phi) is 6.06. The van der Waals surface area contributed by atoms with Crippen molar-refractivity contribution >= 4 is 22.2 Å². The summed E-state index contributed by atoms with van der Waals surface area (Å²) in [4.78, 5) is 23.2.